The van der Waals surface area contributed by atoms with E-state index in [4.69, 9.17) is 9.84 Å². The average molecular weight is 248 g/mol. The largest absolute Gasteiger partial charge is 0.480 e. The zero-order chi connectivity index (χ0) is 12.0. The number of hydrogen-bond donors (Lipinski definition) is 3. The van der Waals surface area contributed by atoms with Crippen LogP contribution in [0.15, 0.2) is 0 Å². The molecule has 0 bridgehead atoms. The first-order valence-electron chi connectivity index (χ1n) is 5.02. The molecule has 2 atom stereocenters. The van der Waals surface area contributed by atoms with E-state index in [0.717, 1.165) is 0 Å². The minimum absolute atomic E-state index is 0.121. The van der Waals surface area contributed by atoms with E-state index in [1.165, 1.54) is 11.8 Å². The Hall–Kier alpha value is -0.790. The van der Waals surface area contributed by atoms with E-state index in [0.29, 0.717) is 18.9 Å². The lowest BCUT2D eigenvalue weighted by atomic mass is 10.3. The molecule has 1 heterocycles. The zero-order valence-corrected chi connectivity index (χ0v) is 9.88. The third-order valence-corrected chi connectivity index (χ3v) is 3.49. The van der Waals surface area contributed by atoms with Crippen LogP contribution in [0, 0.1) is 0 Å². The minimum Gasteiger partial charge on any atom is -0.480 e. The third-order valence-electron chi connectivity index (χ3n) is 2.22. The molecule has 0 spiro atoms. The van der Waals surface area contributed by atoms with Gasteiger partial charge in [-0.3, -0.25) is 9.59 Å². The predicted molar refractivity (Wildman–Crippen MR) is 60.6 cm³/mol. The Morgan fingerprint density at radius 3 is 3.06 bits per heavy atom. The molecule has 16 heavy (non-hydrogen) atoms. The number of likely N-dealkylation sites (N-methyl/N-ethyl adjacent to an activating group) is 1. The number of amides is 1. The molecule has 0 aromatic heterocycles. The summed E-state index contributed by atoms with van der Waals surface area (Å²) >= 11 is 1.22. The highest BCUT2D eigenvalue weighted by Crippen LogP contribution is 2.14. The van der Waals surface area contributed by atoms with Crippen molar-refractivity contribution in [2.75, 3.05) is 32.6 Å². The molecule has 3 N–H and O–H groups in total. The topological polar surface area (TPSA) is 87.7 Å². The standard InChI is InChI=1S/C9H16N2O4S/c1-10-6-5-16-7(9(13)14)4-15-3-2-11-8(6)12/h6-7,10H,2-5H2,1H3,(H,11,12)(H,13,14). The smallest absolute Gasteiger partial charge is 0.319 e. The second-order valence-electron chi connectivity index (χ2n) is 3.37. The van der Waals surface area contributed by atoms with Crippen LogP contribution >= 0.6 is 11.8 Å². The molecule has 1 fully saturated rings. The summed E-state index contributed by atoms with van der Waals surface area (Å²) in [6, 6.07) is -0.357. The van der Waals surface area contributed by atoms with Crippen molar-refractivity contribution >= 4 is 23.6 Å². The Morgan fingerprint density at radius 2 is 2.44 bits per heavy atom. The van der Waals surface area contributed by atoms with Crippen molar-refractivity contribution in [1.82, 2.24) is 10.6 Å². The number of thioether (sulfide) groups is 1. The van der Waals surface area contributed by atoms with Gasteiger partial charge in [0, 0.05) is 12.3 Å². The van der Waals surface area contributed by atoms with Gasteiger partial charge >= 0.3 is 5.97 Å². The molecule has 7 heteroatoms. The van der Waals surface area contributed by atoms with Gasteiger partial charge in [-0.25, -0.2) is 0 Å². The Bertz CT molecular complexity index is 260. The SMILES string of the molecule is CNC1CSC(C(=O)O)COCCNC1=O. The molecule has 1 aliphatic rings. The molecule has 0 aromatic rings. The number of rotatable bonds is 2. The van der Waals surface area contributed by atoms with Crippen molar-refractivity contribution in [1.29, 1.82) is 0 Å². The lowest BCUT2D eigenvalue weighted by Gasteiger charge is -2.20. The molecule has 6 nitrogen and oxygen atoms in total. The monoisotopic (exact) mass is 248 g/mol. The van der Waals surface area contributed by atoms with Crippen molar-refractivity contribution in [3.63, 3.8) is 0 Å². The number of nitrogens with one attached hydrogen (secondary N) is 2. The molecule has 0 radical (unpaired) electrons. The van der Waals surface area contributed by atoms with E-state index in [1.807, 2.05) is 0 Å². The van der Waals surface area contributed by atoms with Crippen molar-refractivity contribution in [2.45, 2.75) is 11.3 Å². The van der Waals surface area contributed by atoms with Crippen LogP contribution in [0.25, 0.3) is 0 Å². The third kappa shape index (κ3) is 3.99. The number of carbonyl (C=O) groups is 2. The van der Waals surface area contributed by atoms with Crippen LogP contribution in [0.1, 0.15) is 0 Å². The van der Waals surface area contributed by atoms with Crippen molar-refractivity contribution in [3.8, 4) is 0 Å². The van der Waals surface area contributed by atoms with Gasteiger partial charge in [-0.15, -0.1) is 11.8 Å². The van der Waals surface area contributed by atoms with E-state index >= 15 is 0 Å². The lowest BCUT2D eigenvalue weighted by molar-refractivity contribution is -0.137. The normalized spacial score (nSPS) is 28.2. The van der Waals surface area contributed by atoms with Gasteiger partial charge in [-0.05, 0) is 7.05 Å². The maximum atomic E-state index is 11.5. The van der Waals surface area contributed by atoms with Gasteiger partial charge in [-0.1, -0.05) is 0 Å². The highest BCUT2D eigenvalue weighted by molar-refractivity contribution is 8.00. The summed E-state index contributed by atoms with van der Waals surface area (Å²) in [6.45, 7) is 0.923. The molecular weight excluding hydrogens is 232 g/mol. The van der Waals surface area contributed by atoms with Crippen LogP contribution < -0.4 is 10.6 Å². The summed E-state index contributed by atoms with van der Waals surface area (Å²) in [5.74, 6) is -0.603. The maximum absolute atomic E-state index is 11.5. The number of carboxylic acid groups (broad SMARTS) is 1. The van der Waals surface area contributed by atoms with Gasteiger partial charge < -0.3 is 20.5 Å². The van der Waals surface area contributed by atoms with Gasteiger partial charge in [0.2, 0.25) is 5.91 Å². The Labute approximate surface area is 98.1 Å². The zero-order valence-electron chi connectivity index (χ0n) is 9.06. The number of carbonyl (C=O) groups excluding carboxylic acids is 1. The first kappa shape index (κ1) is 13.3. The maximum Gasteiger partial charge on any atom is 0.319 e. The second-order valence-corrected chi connectivity index (χ2v) is 4.60. The molecule has 1 saturated heterocycles. The predicted octanol–water partition coefficient (Wildman–Crippen LogP) is -1.09. The molecule has 1 amide bonds. The fourth-order valence-electron chi connectivity index (χ4n) is 1.25. The summed E-state index contributed by atoms with van der Waals surface area (Å²) < 4.78 is 5.16. The number of carboxylic acids is 1. The molecule has 0 aliphatic carbocycles. The van der Waals surface area contributed by atoms with Gasteiger partial charge in [0.15, 0.2) is 0 Å². The summed E-state index contributed by atoms with van der Waals surface area (Å²) in [5, 5.41) is 13.9. The Morgan fingerprint density at radius 1 is 1.69 bits per heavy atom. The molecule has 92 valence electrons. The summed E-state index contributed by atoms with van der Waals surface area (Å²) in [5.41, 5.74) is 0. The highest BCUT2D eigenvalue weighted by atomic mass is 32.2. The van der Waals surface area contributed by atoms with Crippen LogP contribution in [0.2, 0.25) is 0 Å². The second kappa shape index (κ2) is 6.72. The van der Waals surface area contributed by atoms with Crippen LogP contribution in [0.5, 0.6) is 0 Å². The van der Waals surface area contributed by atoms with E-state index in [9.17, 15) is 9.59 Å². The van der Waals surface area contributed by atoms with Gasteiger partial charge in [-0.2, -0.15) is 0 Å². The summed E-state index contributed by atoms with van der Waals surface area (Å²) in [4.78, 5) is 22.4. The number of aliphatic carboxylic acids is 1. The molecule has 0 aromatic carbocycles. The summed E-state index contributed by atoms with van der Waals surface area (Å²) in [6.07, 6.45) is 0. The van der Waals surface area contributed by atoms with E-state index in [1.54, 1.807) is 7.05 Å². The van der Waals surface area contributed by atoms with Gasteiger partial charge in [0.05, 0.1) is 19.3 Å². The highest BCUT2D eigenvalue weighted by Gasteiger charge is 2.24. The molecule has 2 unspecified atom stereocenters. The molecule has 1 rings (SSSR count). The van der Waals surface area contributed by atoms with E-state index in [2.05, 4.69) is 10.6 Å². The Balaban J connectivity index is 2.58. The summed E-state index contributed by atoms with van der Waals surface area (Å²) in [7, 11) is 1.68. The van der Waals surface area contributed by atoms with Crippen LogP contribution in [-0.2, 0) is 14.3 Å². The van der Waals surface area contributed by atoms with Crippen LogP contribution in [-0.4, -0.2) is 60.8 Å². The van der Waals surface area contributed by atoms with E-state index in [-0.39, 0.29) is 18.6 Å². The molecule has 0 saturated carbocycles. The lowest BCUT2D eigenvalue weighted by Crippen LogP contribution is -2.46. The number of ether oxygens (including phenoxy) is 1. The van der Waals surface area contributed by atoms with Gasteiger partial charge in [0.25, 0.3) is 0 Å². The minimum atomic E-state index is -0.902. The molecule has 1 aliphatic heterocycles. The number of hydrogen-bond acceptors (Lipinski definition) is 5. The van der Waals surface area contributed by atoms with Crippen molar-refractivity contribution < 1.29 is 19.4 Å². The van der Waals surface area contributed by atoms with Gasteiger partial charge in [0.1, 0.15) is 5.25 Å². The van der Waals surface area contributed by atoms with Crippen LogP contribution in [0.4, 0.5) is 0 Å². The van der Waals surface area contributed by atoms with Crippen molar-refractivity contribution in [2.24, 2.45) is 0 Å². The van der Waals surface area contributed by atoms with E-state index < -0.39 is 11.2 Å². The fourth-order valence-corrected chi connectivity index (χ4v) is 2.33. The first-order valence-corrected chi connectivity index (χ1v) is 6.07. The Kier molecular flexibility index (Phi) is 5.58. The molecular formula is C9H16N2O4S. The average Bonchev–Trinajstić information content (AvgIpc) is 2.26. The van der Waals surface area contributed by atoms with Crippen LogP contribution in [0.3, 0.4) is 0 Å². The quantitative estimate of drug-likeness (QED) is 0.575. The van der Waals surface area contributed by atoms with Crippen molar-refractivity contribution in [3.05, 3.63) is 0 Å². The first-order chi connectivity index (χ1) is 7.65. The fraction of sp³-hybridized carbons (Fsp3) is 0.778.